The standard InChI is InChI=1S/C15H19N3O2/c1-9(15(2,3)4)16-12-10-7-5-6-8-11(10)17-13(18-12)14(19)20/h5-9H,1-4H3,(H,19,20)(H,16,17,18). The van der Waals surface area contributed by atoms with Gasteiger partial charge in [-0.05, 0) is 24.5 Å². The molecule has 0 spiro atoms. The molecule has 1 heterocycles. The van der Waals surface area contributed by atoms with E-state index in [-0.39, 0.29) is 17.3 Å². The van der Waals surface area contributed by atoms with Crippen LogP contribution >= 0.6 is 0 Å². The van der Waals surface area contributed by atoms with E-state index >= 15 is 0 Å². The van der Waals surface area contributed by atoms with Crippen molar-refractivity contribution >= 4 is 22.7 Å². The molecule has 0 saturated heterocycles. The molecular formula is C15H19N3O2. The third-order valence-corrected chi connectivity index (χ3v) is 3.45. The molecule has 106 valence electrons. The molecule has 0 aliphatic rings. The highest BCUT2D eigenvalue weighted by Gasteiger charge is 2.22. The summed E-state index contributed by atoms with van der Waals surface area (Å²) < 4.78 is 0. The number of fused-ring (bicyclic) bond motifs is 1. The second-order valence-electron chi connectivity index (χ2n) is 5.95. The second kappa shape index (κ2) is 5.07. The number of nitrogens with zero attached hydrogens (tertiary/aromatic N) is 2. The van der Waals surface area contributed by atoms with Gasteiger partial charge in [-0.1, -0.05) is 32.9 Å². The highest BCUT2D eigenvalue weighted by molar-refractivity contribution is 5.93. The molecule has 5 nitrogen and oxygen atoms in total. The summed E-state index contributed by atoms with van der Waals surface area (Å²) in [6.07, 6.45) is 0. The first-order valence-corrected chi connectivity index (χ1v) is 6.55. The number of hydrogen-bond acceptors (Lipinski definition) is 4. The van der Waals surface area contributed by atoms with Crippen molar-refractivity contribution in [1.29, 1.82) is 0 Å². The van der Waals surface area contributed by atoms with E-state index in [9.17, 15) is 4.79 Å². The van der Waals surface area contributed by atoms with Crippen LogP contribution in [0, 0.1) is 5.41 Å². The van der Waals surface area contributed by atoms with Crippen LogP contribution in [0.4, 0.5) is 5.82 Å². The van der Waals surface area contributed by atoms with E-state index in [4.69, 9.17) is 5.11 Å². The number of anilines is 1. The third kappa shape index (κ3) is 2.87. The minimum Gasteiger partial charge on any atom is -0.475 e. The van der Waals surface area contributed by atoms with E-state index in [1.54, 1.807) is 6.07 Å². The van der Waals surface area contributed by atoms with Crippen molar-refractivity contribution in [3.8, 4) is 0 Å². The Kier molecular flexibility index (Phi) is 3.61. The van der Waals surface area contributed by atoms with Gasteiger partial charge in [0.1, 0.15) is 5.82 Å². The Bertz CT molecular complexity index is 647. The lowest BCUT2D eigenvalue weighted by molar-refractivity contribution is 0.0684. The number of aromatic carboxylic acids is 1. The average molecular weight is 273 g/mol. The molecule has 1 aromatic carbocycles. The maximum atomic E-state index is 11.1. The number of hydrogen-bond donors (Lipinski definition) is 2. The monoisotopic (exact) mass is 273 g/mol. The Hall–Kier alpha value is -2.17. The average Bonchev–Trinajstić information content (AvgIpc) is 2.37. The Labute approximate surface area is 118 Å². The number of carboxylic acid groups (broad SMARTS) is 1. The largest absolute Gasteiger partial charge is 0.475 e. The first kappa shape index (κ1) is 14.2. The van der Waals surface area contributed by atoms with Crippen LogP contribution in [0.15, 0.2) is 24.3 Å². The van der Waals surface area contributed by atoms with Crippen molar-refractivity contribution in [2.75, 3.05) is 5.32 Å². The van der Waals surface area contributed by atoms with E-state index in [2.05, 4.69) is 43.0 Å². The fourth-order valence-electron chi connectivity index (χ4n) is 1.70. The molecule has 2 rings (SSSR count). The van der Waals surface area contributed by atoms with E-state index in [0.717, 1.165) is 5.39 Å². The summed E-state index contributed by atoms with van der Waals surface area (Å²) in [5.41, 5.74) is 0.665. The summed E-state index contributed by atoms with van der Waals surface area (Å²) >= 11 is 0. The van der Waals surface area contributed by atoms with Gasteiger partial charge in [-0.25, -0.2) is 14.8 Å². The molecule has 1 aromatic heterocycles. The first-order valence-electron chi connectivity index (χ1n) is 6.55. The highest BCUT2D eigenvalue weighted by Crippen LogP contribution is 2.26. The van der Waals surface area contributed by atoms with Crippen molar-refractivity contribution in [2.45, 2.75) is 33.7 Å². The van der Waals surface area contributed by atoms with Gasteiger partial charge in [-0.2, -0.15) is 0 Å². The van der Waals surface area contributed by atoms with Gasteiger partial charge in [-0.15, -0.1) is 0 Å². The molecule has 0 amide bonds. The molecule has 1 atom stereocenters. The fraction of sp³-hybridized carbons (Fsp3) is 0.400. The maximum Gasteiger partial charge on any atom is 0.374 e. The lowest BCUT2D eigenvalue weighted by Gasteiger charge is -2.29. The van der Waals surface area contributed by atoms with Crippen LogP contribution in [0.5, 0.6) is 0 Å². The van der Waals surface area contributed by atoms with E-state index < -0.39 is 5.97 Å². The highest BCUT2D eigenvalue weighted by atomic mass is 16.4. The van der Waals surface area contributed by atoms with Gasteiger partial charge in [-0.3, -0.25) is 0 Å². The third-order valence-electron chi connectivity index (χ3n) is 3.45. The van der Waals surface area contributed by atoms with Crippen LogP contribution in [0.3, 0.4) is 0 Å². The van der Waals surface area contributed by atoms with Crippen molar-refractivity contribution in [2.24, 2.45) is 5.41 Å². The molecule has 0 radical (unpaired) electrons. The van der Waals surface area contributed by atoms with Crippen LogP contribution in [0.1, 0.15) is 38.3 Å². The van der Waals surface area contributed by atoms with Crippen LogP contribution in [-0.2, 0) is 0 Å². The van der Waals surface area contributed by atoms with Gasteiger partial charge >= 0.3 is 5.97 Å². The molecule has 0 aliphatic carbocycles. The summed E-state index contributed by atoms with van der Waals surface area (Å²) in [5.74, 6) is -0.745. The Morgan fingerprint density at radius 3 is 2.50 bits per heavy atom. The summed E-state index contributed by atoms with van der Waals surface area (Å²) in [5, 5.41) is 13.2. The zero-order valence-electron chi connectivity index (χ0n) is 12.1. The number of benzene rings is 1. The normalized spacial score (nSPS) is 13.2. The molecule has 0 saturated carbocycles. The lowest BCUT2D eigenvalue weighted by Crippen LogP contribution is -2.31. The summed E-state index contributed by atoms with van der Waals surface area (Å²) in [6.45, 7) is 8.40. The predicted octanol–water partition coefficient (Wildman–Crippen LogP) is 3.17. The number of aromatic nitrogens is 2. The van der Waals surface area contributed by atoms with E-state index in [1.807, 2.05) is 18.2 Å². The van der Waals surface area contributed by atoms with Gasteiger partial charge in [0.2, 0.25) is 5.82 Å². The van der Waals surface area contributed by atoms with Crippen LogP contribution in [0.25, 0.3) is 10.9 Å². The zero-order chi connectivity index (χ0) is 14.9. The maximum absolute atomic E-state index is 11.1. The molecule has 2 N–H and O–H groups in total. The van der Waals surface area contributed by atoms with Gasteiger partial charge in [0.25, 0.3) is 0 Å². The molecule has 0 fully saturated rings. The van der Waals surface area contributed by atoms with Crippen LogP contribution in [0.2, 0.25) is 0 Å². The molecular weight excluding hydrogens is 254 g/mol. The van der Waals surface area contributed by atoms with Gasteiger partial charge in [0.05, 0.1) is 5.52 Å². The minimum absolute atomic E-state index is 0.0371. The Morgan fingerprint density at radius 2 is 1.90 bits per heavy atom. The summed E-state index contributed by atoms with van der Waals surface area (Å²) in [7, 11) is 0. The quantitative estimate of drug-likeness (QED) is 0.898. The number of para-hydroxylation sites is 1. The molecule has 2 aromatic rings. The molecule has 20 heavy (non-hydrogen) atoms. The van der Waals surface area contributed by atoms with Crippen molar-refractivity contribution in [1.82, 2.24) is 9.97 Å². The smallest absolute Gasteiger partial charge is 0.374 e. The van der Waals surface area contributed by atoms with Crippen molar-refractivity contribution < 1.29 is 9.90 Å². The van der Waals surface area contributed by atoms with Gasteiger partial charge < -0.3 is 10.4 Å². The Morgan fingerprint density at radius 1 is 1.25 bits per heavy atom. The molecule has 5 heteroatoms. The van der Waals surface area contributed by atoms with E-state index in [0.29, 0.717) is 11.3 Å². The molecule has 0 bridgehead atoms. The molecule has 0 aliphatic heterocycles. The number of carbonyl (C=O) groups is 1. The predicted molar refractivity (Wildman–Crippen MR) is 79.0 cm³/mol. The lowest BCUT2D eigenvalue weighted by atomic mass is 9.88. The number of rotatable bonds is 3. The van der Waals surface area contributed by atoms with Crippen molar-refractivity contribution in [3.63, 3.8) is 0 Å². The SMILES string of the molecule is CC(Nc1nc(C(=O)O)nc2ccccc12)C(C)(C)C. The van der Waals surface area contributed by atoms with Crippen LogP contribution < -0.4 is 5.32 Å². The Balaban J connectivity index is 2.53. The minimum atomic E-state index is -1.12. The number of carboxylic acids is 1. The number of nitrogens with one attached hydrogen (secondary N) is 1. The topological polar surface area (TPSA) is 75.1 Å². The van der Waals surface area contributed by atoms with Gasteiger partial charge in [0.15, 0.2) is 0 Å². The van der Waals surface area contributed by atoms with Crippen LogP contribution in [-0.4, -0.2) is 27.1 Å². The van der Waals surface area contributed by atoms with E-state index in [1.165, 1.54) is 0 Å². The molecule has 1 unspecified atom stereocenters. The summed E-state index contributed by atoms with van der Waals surface area (Å²) in [6, 6.07) is 7.54. The summed E-state index contributed by atoms with van der Waals surface area (Å²) in [4.78, 5) is 19.3. The van der Waals surface area contributed by atoms with Gasteiger partial charge in [0, 0.05) is 11.4 Å². The zero-order valence-corrected chi connectivity index (χ0v) is 12.1. The second-order valence-corrected chi connectivity index (χ2v) is 5.95. The van der Waals surface area contributed by atoms with Crippen molar-refractivity contribution in [3.05, 3.63) is 30.1 Å². The first-order chi connectivity index (χ1) is 9.29. The fourth-order valence-corrected chi connectivity index (χ4v) is 1.70.